The molecule has 2 rings (SSSR count). The highest BCUT2D eigenvalue weighted by atomic mass is 16.5. The van der Waals surface area contributed by atoms with Crippen LogP contribution in [0.5, 0.6) is 5.75 Å². The average molecular weight is 329 g/mol. The smallest absolute Gasteiger partial charge is 0.308 e. The number of aliphatic carboxylic acids is 1. The molecular formula is C19H23NO4. The lowest BCUT2D eigenvalue weighted by atomic mass is 9.96. The molecule has 0 aromatic heterocycles. The molecule has 0 saturated heterocycles. The molecule has 0 aliphatic carbocycles. The van der Waals surface area contributed by atoms with Crippen LogP contribution in [0.3, 0.4) is 0 Å². The Kier molecular flexibility index (Phi) is 5.44. The van der Waals surface area contributed by atoms with Crippen molar-refractivity contribution in [3.8, 4) is 5.75 Å². The van der Waals surface area contributed by atoms with Crippen molar-refractivity contribution in [1.29, 1.82) is 0 Å². The number of carbonyl (C=O) groups is 2. The van der Waals surface area contributed by atoms with Crippen LogP contribution in [-0.4, -0.2) is 30.1 Å². The normalized spacial score (nSPS) is 14.7. The second-order valence-corrected chi connectivity index (χ2v) is 6.12. The number of nitrogens with one attached hydrogen (secondary N) is 1. The minimum atomic E-state index is -0.921. The lowest BCUT2D eigenvalue weighted by molar-refractivity contribution is -0.142. The summed E-state index contributed by atoms with van der Waals surface area (Å²) in [6.07, 6.45) is 0. The lowest BCUT2D eigenvalue weighted by Crippen LogP contribution is -2.41. The first kappa shape index (κ1) is 17.8. The van der Waals surface area contributed by atoms with Crippen molar-refractivity contribution in [2.45, 2.75) is 32.7 Å². The van der Waals surface area contributed by atoms with Crippen LogP contribution in [0.1, 0.15) is 32.3 Å². The van der Waals surface area contributed by atoms with Gasteiger partial charge in [0.15, 0.2) is 0 Å². The zero-order valence-electron chi connectivity index (χ0n) is 14.4. The van der Waals surface area contributed by atoms with Gasteiger partial charge in [0.1, 0.15) is 5.75 Å². The number of ether oxygens (including phenoxy) is 1. The first-order valence-electron chi connectivity index (χ1n) is 7.94. The molecule has 0 spiro atoms. The first-order valence-corrected chi connectivity index (χ1v) is 7.94. The zero-order chi connectivity index (χ0) is 17.9. The van der Waals surface area contributed by atoms with E-state index in [2.05, 4.69) is 5.32 Å². The second-order valence-electron chi connectivity index (χ2n) is 6.12. The van der Waals surface area contributed by atoms with Crippen molar-refractivity contribution >= 4 is 22.6 Å². The number of hydrogen-bond donors (Lipinski definition) is 2. The van der Waals surface area contributed by atoms with Gasteiger partial charge in [-0.1, -0.05) is 24.3 Å². The SMILES string of the molecule is COc1ccc2cc([C@H](C)C(=O)NC(C)C(C)C(=O)O)ccc2c1. The van der Waals surface area contributed by atoms with Crippen molar-refractivity contribution in [2.75, 3.05) is 7.11 Å². The van der Waals surface area contributed by atoms with Crippen molar-refractivity contribution in [3.63, 3.8) is 0 Å². The average Bonchev–Trinajstić information content (AvgIpc) is 2.58. The molecule has 0 aliphatic heterocycles. The van der Waals surface area contributed by atoms with Gasteiger partial charge in [-0.05, 0) is 49.2 Å². The van der Waals surface area contributed by atoms with Gasteiger partial charge < -0.3 is 15.2 Å². The number of fused-ring (bicyclic) bond motifs is 1. The van der Waals surface area contributed by atoms with E-state index in [1.807, 2.05) is 43.3 Å². The summed E-state index contributed by atoms with van der Waals surface area (Å²) in [6.45, 7) is 5.11. The van der Waals surface area contributed by atoms with Gasteiger partial charge in [-0.3, -0.25) is 9.59 Å². The van der Waals surface area contributed by atoms with Crippen LogP contribution < -0.4 is 10.1 Å². The fraction of sp³-hybridized carbons (Fsp3) is 0.368. The van der Waals surface area contributed by atoms with Crippen LogP contribution in [0, 0.1) is 5.92 Å². The molecule has 0 heterocycles. The summed E-state index contributed by atoms with van der Waals surface area (Å²) >= 11 is 0. The number of carboxylic acids is 1. The Morgan fingerprint density at radius 2 is 1.67 bits per heavy atom. The minimum absolute atomic E-state index is 0.177. The van der Waals surface area contributed by atoms with Crippen LogP contribution in [0.15, 0.2) is 36.4 Å². The molecule has 0 bridgehead atoms. The fourth-order valence-corrected chi connectivity index (χ4v) is 2.48. The molecule has 0 fully saturated rings. The molecule has 2 aromatic carbocycles. The maximum Gasteiger partial charge on any atom is 0.308 e. The third kappa shape index (κ3) is 3.85. The first-order chi connectivity index (χ1) is 11.3. The highest BCUT2D eigenvalue weighted by molar-refractivity contribution is 5.88. The Balaban J connectivity index is 2.16. The Morgan fingerprint density at radius 1 is 1.04 bits per heavy atom. The highest BCUT2D eigenvalue weighted by Crippen LogP contribution is 2.25. The van der Waals surface area contributed by atoms with Crippen LogP contribution in [0.4, 0.5) is 0 Å². The van der Waals surface area contributed by atoms with Gasteiger partial charge in [-0.2, -0.15) is 0 Å². The number of carboxylic acid groups (broad SMARTS) is 1. The second kappa shape index (κ2) is 7.34. The molecular weight excluding hydrogens is 306 g/mol. The Morgan fingerprint density at radius 3 is 2.29 bits per heavy atom. The minimum Gasteiger partial charge on any atom is -0.497 e. The van der Waals surface area contributed by atoms with Gasteiger partial charge in [0.05, 0.1) is 18.9 Å². The summed E-state index contributed by atoms with van der Waals surface area (Å²) in [7, 11) is 1.63. The van der Waals surface area contributed by atoms with E-state index in [4.69, 9.17) is 9.84 Å². The molecule has 0 radical (unpaired) electrons. The van der Waals surface area contributed by atoms with Gasteiger partial charge >= 0.3 is 5.97 Å². The molecule has 2 unspecified atom stereocenters. The van der Waals surface area contributed by atoms with Crippen molar-refractivity contribution in [3.05, 3.63) is 42.0 Å². The van der Waals surface area contributed by atoms with E-state index in [-0.39, 0.29) is 11.8 Å². The standard InChI is InChI=1S/C19H23NO4/c1-11(19(22)23)13(3)20-18(21)12(2)14-5-6-16-10-17(24-4)8-7-15(16)9-14/h5-13H,1-4H3,(H,20,21)(H,22,23)/t11?,12-,13?/m0/s1. The molecule has 5 heteroatoms. The molecule has 2 aromatic rings. The predicted octanol–water partition coefficient (Wildman–Crippen LogP) is 3.18. The molecule has 24 heavy (non-hydrogen) atoms. The van der Waals surface area contributed by atoms with Crippen molar-refractivity contribution in [2.24, 2.45) is 5.92 Å². The Labute approximate surface area is 141 Å². The summed E-state index contributed by atoms with van der Waals surface area (Å²) in [5.41, 5.74) is 0.889. The highest BCUT2D eigenvalue weighted by Gasteiger charge is 2.24. The van der Waals surface area contributed by atoms with Crippen LogP contribution in [-0.2, 0) is 9.59 Å². The number of rotatable bonds is 6. The topological polar surface area (TPSA) is 75.6 Å². The molecule has 3 atom stereocenters. The third-order valence-corrected chi connectivity index (χ3v) is 4.47. The Bertz CT molecular complexity index is 756. The molecule has 0 saturated carbocycles. The summed E-state index contributed by atoms with van der Waals surface area (Å²) < 4.78 is 5.21. The summed E-state index contributed by atoms with van der Waals surface area (Å²) in [4.78, 5) is 23.4. The van der Waals surface area contributed by atoms with Gasteiger partial charge in [0.2, 0.25) is 5.91 Å². The van der Waals surface area contributed by atoms with E-state index in [9.17, 15) is 9.59 Å². The molecule has 0 aliphatic rings. The number of benzene rings is 2. The number of hydrogen-bond acceptors (Lipinski definition) is 3. The van der Waals surface area contributed by atoms with E-state index < -0.39 is 17.9 Å². The maximum absolute atomic E-state index is 12.4. The predicted molar refractivity (Wildman–Crippen MR) is 93.3 cm³/mol. The largest absolute Gasteiger partial charge is 0.497 e. The third-order valence-electron chi connectivity index (χ3n) is 4.47. The van der Waals surface area contributed by atoms with E-state index in [1.54, 1.807) is 21.0 Å². The Hall–Kier alpha value is -2.56. The number of carbonyl (C=O) groups excluding carboxylic acids is 1. The van der Waals surface area contributed by atoms with Crippen molar-refractivity contribution in [1.82, 2.24) is 5.32 Å². The monoisotopic (exact) mass is 329 g/mol. The summed E-state index contributed by atoms with van der Waals surface area (Å²) in [6, 6.07) is 11.2. The fourth-order valence-electron chi connectivity index (χ4n) is 2.48. The van der Waals surface area contributed by atoms with Crippen LogP contribution >= 0.6 is 0 Å². The number of amides is 1. The van der Waals surface area contributed by atoms with Gasteiger partial charge in [-0.15, -0.1) is 0 Å². The van der Waals surface area contributed by atoms with E-state index in [0.717, 1.165) is 22.1 Å². The van der Waals surface area contributed by atoms with Gasteiger partial charge in [-0.25, -0.2) is 0 Å². The van der Waals surface area contributed by atoms with Crippen LogP contribution in [0.25, 0.3) is 10.8 Å². The molecule has 5 nitrogen and oxygen atoms in total. The molecule has 2 N–H and O–H groups in total. The molecule has 128 valence electrons. The summed E-state index contributed by atoms with van der Waals surface area (Å²) in [5, 5.41) is 13.9. The van der Waals surface area contributed by atoms with Gasteiger partial charge in [0.25, 0.3) is 0 Å². The van der Waals surface area contributed by atoms with E-state index in [1.165, 1.54) is 0 Å². The van der Waals surface area contributed by atoms with E-state index in [0.29, 0.717) is 0 Å². The quantitative estimate of drug-likeness (QED) is 0.853. The summed E-state index contributed by atoms with van der Waals surface area (Å²) in [5.74, 6) is -1.30. The van der Waals surface area contributed by atoms with E-state index >= 15 is 0 Å². The van der Waals surface area contributed by atoms with Crippen LogP contribution in [0.2, 0.25) is 0 Å². The zero-order valence-corrected chi connectivity index (χ0v) is 14.4. The van der Waals surface area contributed by atoms with Gasteiger partial charge in [0, 0.05) is 6.04 Å². The number of methoxy groups -OCH3 is 1. The molecule has 1 amide bonds. The maximum atomic E-state index is 12.4. The lowest BCUT2D eigenvalue weighted by Gasteiger charge is -2.21. The van der Waals surface area contributed by atoms with Crippen molar-refractivity contribution < 1.29 is 19.4 Å².